The molecule has 1 aromatic rings. The van der Waals surface area contributed by atoms with Gasteiger partial charge >= 0.3 is 0 Å². The standard InChI is InChI=1S/C17H26N2O/c1-12-15(6-5-11-18-12)16(20)19-14-9-7-13(8-10-14)17(2,3)4/h7-10,12,15,18H,5-6,11H2,1-4H3,(H,19,20). The monoisotopic (exact) mass is 274 g/mol. The number of nitrogens with one attached hydrogen (secondary N) is 2. The Bertz CT molecular complexity index is 459. The molecule has 3 heteroatoms. The lowest BCUT2D eigenvalue weighted by Crippen LogP contribution is -2.44. The molecule has 2 unspecified atom stereocenters. The van der Waals surface area contributed by atoms with E-state index in [2.05, 4.69) is 50.5 Å². The zero-order valence-corrected chi connectivity index (χ0v) is 13.0. The molecule has 1 aliphatic heterocycles. The van der Waals surface area contributed by atoms with Crippen LogP contribution in [-0.2, 0) is 10.2 Å². The molecule has 1 aromatic carbocycles. The summed E-state index contributed by atoms with van der Waals surface area (Å²) in [7, 11) is 0. The first kappa shape index (κ1) is 15.0. The third-order valence-electron chi connectivity index (χ3n) is 4.12. The van der Waals surface area contributed by atoms with Crippen LogP contribution in [0.3, 0.4) is 0 Å². The van der Waals surface area contributed by atoms with Crippen LogP contribution in [-0.4, -0.2) is 18.5 Å². The second-order valence-corrected chi connectivity index (χ2v) is 6.81. The van der Waals surface area contributed by atoms with E-state index >= 15 is 0 Å². The van der Waals surface area contributed by atoms with Gasteiger partial charge in [-0.3, -0.25) is 4.79 Å². The highest BCUT2D eigenvalue weighted by atomic mass is 16.1. The molecule has 1 amide bonds. The third-order valence-corrected chi connectivity index (χ3v) is 4.12. The lowest BCUT2D eigenvalue weighted by atomic mass is 9.87. The molecule has 1 saturated heterocycles. The zero-order valence-electron chi connectivity index (χ0n) is 13.0. The fourth-order valence-electron chi connectivity index (χ4n) is 2.69. The van der Waals surface area contributed by atoms with Crippen LogP contribution >= 0.6 is 0 Å². The number of amides is 1. The van der Waals surface area contributed by atoms with Crippen LogP contribution in [0.25, 0.3) is 0 Å². The minimum absolute atomic E-state index is 0.0750. The number of hydrogen-bond donors (Lipinski definition) is 2. The molecule has 3 nitrogen and oxygen atoms in total. The van der Waals surface area contributed by atoms with Crippen LogP contribution in [0.5, 0.6) is 0 Å². The molecule has 2 rings (SSSR count). The molecule has 20 heavy (non-hydrogen) atoms. The highest BCUT2D eigenvalue weighted by Crippen LogP contribution is 2.24. The van der Waals surface area contributed by atoms with Crippen LogP contribution in [0, 0.1) is 5.92 Å². The van der Waals surface area contributed by atoms with Gasteiger partial charge in [0.15, 0.2) is 0 Å². The van der Waals surface area contributed by atoms with Crippen LogP contribution in [0.2, 0.25) is 0 Å². The Labute approximate surface area is 122 Å². The maximum atomic E-state index is 12.3. The van der Waals surface area contributed by atoms with Gasteiger partial charge in [-0.1, -0.05) is 32.9 Å². The first-order valence-electron chi connectivity index (χ1n) is 7.53. The summed E-state index contributed by atoms with van der Waals surface area (Å²) >= 11 is 0. The molecule has 1 aliphatic rings. The normalized spacial score (nSPS) is 23.4. The first-order chi connectivity index (χ1) is 9.38. The molecular weight excluding hydrogens is 248 g/mol. The van der Waals surface area contributed by atoms with Crippen LogP contribution in [0.4, 0.5) is 5.69 Å². The van der Waals surface area contributed by atoms with Gasteiger partial charge < -0.3 is 10.6 Å². The van der Waals surface area contributed by atoms with E-state index in [1.165, 1.54) is 5.56 Å². The van der Waals surface area contributed by atoms with E-state index in [0.717, 1.165) is 25.1 Å². The summed E-state index contributed by atoms with van der Waals surface area (Å²) in [4.78, 5) is 12.3. The summed E-state index contributed by atoms with van der Waals surface area (Å²) in [6.07, 6.45) is 2.05. The van der Waals surface area contributed by atoms with E-state index in [1.807, 2.05) is 12.1 Å². The molecule has 0 aliphatic carbocycles. The zero-order chi connectivity index (χ0) is 14.8. The van der Waals surface area contributed by atoms with Crippen molar-refractivity contribution < 1.29 is 4.79 Å². The van der Waals surface area contributed by atoms with Crippen LogP contribution in [0.1, 0.15) is 46.1 Å². The Kier molecular flexibility index (Phi) is 4.48. The summed E-state index contributed by atoms with van der Waals surface area (Å²) in [6, 6.07) is 8.45. The minimum atomic E-state index is 0.0750. The number of anilines is 1. The van der Waals surface area contributed by atoms with E-state index in [9.17, 15) is 4.79 Å². The van der Waals surface area contributed by atoms with E-state index in [0.29, 0.717) is 0 Å². The van der Waals surface area contributed by atoms with Crippen molar-refractivity contribution in [3.05, 3.63) is 29.8 Å². The maximum Gasteiger partial charge on any atom is 0.229 e. The highest BCUT2D eigenvalue weighted by molar-refractivity contribution is 5.93. The fourth-order valence-corrected chi connectivity index (χ4v) is 2.69. The number of benzene rings is 1. The van der Waals surface area contributed by atoms with Crippen molar-refractivity contribution in [2.75, 3.05) is 11.9 Å². The van der Waals surface area contributed by atoms with Gasteiger partial charge in [-0.15, -0.1) is 0 Å². The smallest absolute Gasteiger partial charge is 0.229 e. The second kappa shape index (κ2) is 5.96. The van der Waals surface area contributed by atoms with Gasteiger partial charge in [-0.05, 0) is 49.4 Å². The summed E-state index contributed by atoms with van der Waals surface area (Å²) in [5, 5.41) is 6.41. The van der Waals surface area contributed by atoms with Gasteiger partial charge in [-0.25, -0.2) is 0 Å². The van der Waals surface area contributed by atoms with Crippen molar-refractivity contribution in [2.45, 2.75) is 52.0 Å². The number of piperidine rings is 1. The van der Waals surface area contributed by atoms with Gasteiger partial charge in [0.05, 0.1) is 5.92 Å². The molecule has 110 valence electrons. The van der Waals surface area contributed by atoms with Gasteiger partial charge in [0.2, 0.25) is 5.91 Å². The topological polar surface area (TPSA) is 41.1 Å². The van der Waals surface area contributed by atoms with Crippen molar-refractivity contribution in [3.8, 4) is 0 Å². The molecule has 2 atom stereocenters. The van der Waals surface area contributed by atoms with E-state index in [1.54, 1.807) is 0 Å². The fraction of sp³-hybridized carbons (Fsp3) is 0.588. The van der Waals surface area contributed by atoms with Crippen molar-refractivity contribution in [1.29, 1.82) is 0 Å². The predicted octanol–water partition coefficient (Wildman–Crippen LogP) is 3.31. The molecule has 0 radical (unpaired) electrons. The molecule has 1 heterocycles. The summed E-state index contributed by atoms with van der Waals surface area (Å²) in [6.45, 7) is 9.68. The van der Waals surface area contributed by atoms with Gasteiger partial charge in [0, 0.05) is 11.7 Å². The van der Waals surface area contributed by atoms with Gasteiger partial charge in [0.25, 0.3) is 0 Å². The molecule has 0 bridgehead atoms. The second-order valence-electron chi connectivity index (χ2n) is 6.81. The molecule has 0 saturated carbocycles. The highest BCUT2D eigenvalue weighted by Gasteiger charge is 2.27. The van der Waals surface area contributed by atoms with Crippen molar-refractivity contribution in [3.63, 3.8) is 0 Å². The molecule has 1 fully saturated rings. The van der Waals surface area contributed by atoms with Gasteiger partial charge in [-0.2, -0.15) is 0 Å². The Morgan fingerprint density at radius 3 is 2.45 bits per heavy atom. The van der Waals surface area contributed by atoms with E-state index in [4.69, 9.17) is 0 Å². The van der Waals surface area contributed by atoms with Crippen molar-refractivity contribution in [1.82, 2.24) is 5.32 Å². The lowest BCUT2D eigenvalue weighted by molar-refractivity contribution is -0.121. The average Bonchev–Trinajstić information content (AvgIpc) is 2.38. The van der Waals surface area contributed by atoms with E-state index in [-0.39, 0.29) is 23.3 Å². The van der Waals surface area contributed by atoms with Crippen LogP contribution in [0.15, 0.2) is 24.3 Å². The minimum Gasteiger partial charge on any atom is -0.326 e. The van der Waals surface area contributed by atoms with Crippen molar-refractivity contribution >= 4 is 11.6 Å². The number of rotatable bonds is 2. The number of carbonyl (C=O) groups excluding carboxylic acids is 1. The average molecular weight is 274 g/mol. The largest absolute Gasteiger partial charge is 0.326 e. The molecule has 2 N–H and O–H groups in total. The Morgan fingerprint density at radius 1 is 1.25 bits per heavy atom. The quantitative estimate of drug-likeness (QED) is 0.868. The summed E-state index contributed by atoms with van der Waals surface area (Å²) < 4.78 is 0. The van der Waals surface area contributed by atoms with E-state index < -0.39 is 0 Å². The summed E-state index contributed by atoms with van der Waals surface area (Å²) in [5.41, 5.74) is 2.31. The predicted molar refractivity (Wildman–Crippen MR) is 84.0 cm³/mol. The SMILES string of the molecule is CC1NCCCC1C(=O)Nc1ccc(C(C)(C)C)cc1. The maximum absolute atomic E-state index is 12.3. The first-order valence-corrected chi connectivity index (χ1v) is 7.53. The molecule has 0 aromatic heterocycles. The Balaban J connectivity index is 2.01. The summed E-state index contributed by atoms with van der Waals surface area (Å²) in [5.74, 6) is 0.208. The molecular formula is C17H26N2O. The van der Waals surface area contributed by atoms with Crippen LogP contribution < -0.4 is 10.6 Å². The Morgan fingerprint density at radius 2 is 1.90 bits per heavy atom. The lowest BCUT2D eigenvalue weighted by Gasteiger charge is -2.29. The Hall–Kier alpha value is -1.35. The number of carbonyl (C=O) groups is 1. The number of hydrogen-bond acceptors (Lipinski definition) is 2. The molecule has 0 spiro atoms. The third kappa shape index (κ3) is 3.60. The van der Waals surface area contributed by atoms with Crippen molar-refractivity contribution in [2.24, 2.45) is 5.92 Å². The van der Waals surface area contributed by atoms with Gasteiger partial charge in [0.1, 0.15) is 0 Å².